The highest BCUT2D eigenvalue weighted by Crippen LogP contribution is 2.05. The molecule has 3 nitrogen and oxygen atoms in total. The zero-order chi connectivity index (χ0) is 12.7. The van der Waals surface area contributed by atoms with Crippen molar-refractivity contribution in [2.45, 2.75) is 39.5 Å². The predicted molar refractivity (Wildman–Crippen MR) is 69.5 cm³/mol. The van der Waals surface area contributed by atoms with E-state index in [0.717, 1.165) is 18.5 Å². The minimum atomic E-state index is -0.272. The van der Waals surface area contributed by atoms with Gasteiger partial charge in [0.05, 0.1) is 12.7 Å². The van der Waals surface area contributed by atoms with Gasteiger partial charge in [-0.3, -0.25) is 0 Å². The number of benzene rings is 1. The van der Waals surface area contributed by atoms with Crippen LogP contribution < -0.4 is 5.32 Å². The molecule has 96 valence electrons. The van der Waals surface area contributed by atoms with Gasteiger partial charge in [0, 0.05) is 13.1 Å². The van der Waals surface area contributed by atoms with Crippen LogP contribution in [0, 0.1) is 5.92 Å². The van der Waals surface area contributed by atoms with Gasteiger partial charge in [-0.05, 0) is 23.5 Å². The Bertz CT molecular complexity index is 309. The van der Waals surface area contributed by atoms with Gasteiger partial charge in [0.15, 0.2) is 0 Å². The molecular weight excluding hydrogens is 214 g/mol. The van der Waals surface area contributed by atoms with Gasteiger partial charge in [0.2, 0.25) is 0 Å². The molecule has 0 aliphatic heterocycles. The number of hydrogen-bond donors (Lipinski definition) is 3. The Morgan fingerprint density at radius 2 is 1.71 bits per heavy atom. The molecule has 17 heavy (non-hydrogen) atoms. The van der Waals surface area contributed by atoms with Crippen LogP contribution in [-0.2, 0) is 13.2 Å². The first-order valence-electron chi connectivity index (χ1n) is 6.19. The second-order valence-electron chi connectivity index (χ2n) is 4.89. The van der Waals surface area contributed by atoms with Gasteiger partial charge in [0.1, 0.15) is 0 Å². The molecule has 0 aromatic heterocycles. The topological polar surface area (TPSA) is 52.5 Å². The van der Waals surface area contributed by atoms with Gasteiger partial charge in [0.25, 0.3) is 0 Å². The smallest absolute Gasteiger partial charge is 0.0681 e. The molecule has 1 unspecified atom stereocenters. The third-order valence-corrected chi connectivity index (χ3v) is 2.66. The molecule has 0 saturated carbocycles. The van der Waals surface area contributed by atoms with Crippen LogP contribution in [0.3, 0.4) is 0 Å². The largest absolute Gasteiger partial charge is 0.392 e. The van der Waals surface area contributed by atoms with Crippen LogP contribution >= 0.6 is 0 Å². The molecule has 0 aliphatic rings. The number of hydrogen-bond acceptors (Lipinski definition) is 3. The highest BCUT2D eigenvalue weighted by atomic mass is 16.3. The van der Waals surface area contributed by atoms with Crippen molar-refractivity contribution < 1.29 is 10.2 Å². The predicted octanol–water partition coefficient (Wildman–Crippen LogP) is 1.68. The third kappa shape index (κ3) is 5.82. The van der Waals surface area contributed by atoms with E-state index in [1.807, 2.05) is 24.3 Å². The van der Waals surface area contributed by atoms with Crippen LogP contribution in [0.25, 0.3) is 0 Å². The minimum absolute atomic E-state index is 0.0841. The summed E-state index contributed by atoms with van der Waals surface area (Å²) in [5, 5.41) is 21.8. The van der Waals surface area contributed by atoms with E-state index >= 15 is 0 Å². The van der Waals surface area contributed by atoms with Crippen molar-refractivity contribution in [1.29, 1.82) is 0 Å². The van der Waals surface area contributed by atoms with Crippen molar-refractivity contribution in [3.63, 3.8) is 0 Å². The first kappa shape index (κ1) is 14.2. The number of aliphatic hydroxyl groups excluding tert-OH is 2. The summed E-state index contributed by atoms with van der Waals surface area (Å²) >= 11 is 0. The van der Waals surface area contributed by atoms with Gasteiger partial charge in [-0.25, -0.2) is 0 Å². The van der Waals surface area contributed by atoms with E-state index in [9.17, 15) is 5.11 Å². The second kappa shape index (κ2) is 7.43. The van der Waals surface area contributed by atoms with E-state index < -0.39 is 0 Å². The summed E-state index contributed by atoms with van der Waals surface area (Å²) in [5.41, 5.74) is 2.09. The first-order chi connectivity index (χ1) is 8.11. The van der Waals surface area contributed by atoms with E-state index in [1.54, 1.807) is 0 Å². The Morgan fingerprint density at radius 3 is 2.24 bits per heavy atom. The highest BCUT2D eigenvalue weighted by molar-refractivity contribution is 5.21. The van der Waals surface area contributed by atoms with Gasteiger partial charge in [-0.2, -0.15) is 0 Å². The Kier molecular flexibility index (Phi) is 6.19. The van der Waals surface area contributed by atoms with Crippen LogP contribution in [-0.4, -0.2) is 22.9 Å². The summed E-state index contributed by atoms with van der Waals surface area (Å²) in [6.07, 6.45) is 0.558. The fraction of sp³-hybridized carbons (Fsp3) is 0.571. The maximum absolute atomic E-state index is 9.68. The summed E-state index contributed by atoms with van der Waals surface area (Å²) in [4.78, 5) is 0. The summed E-state index contributed by atoms with van der Waals surface area (Å²) in [6, 6.07) is 7.82. The lowest BCUT2D eigenvalue weighted by molar-refractivity contribution is 0.146. The second-order valence-corrected chi connectivity index (χ2v) is 4.89. The molecule has 1 rings (SSSR count). The summed E-state index contributed by atoms with van der Waals surface area (Å²) in [5.74, 6) is 0.524. The molecule has 3 heteroatoms. The van der Waals surface area contributed by atoms with Crippen LogP contribution in [0.15, 0.2) is 24.3 Å². The molecule has 0 radical (unpaired) electrons. The molecule has 3 N–H and O–H groups in total. The molecule has 0 heterocycles. The van der Waals surface area contributed by atoms with Gasteiger partial charge >= 0.3 is 0 Å². The van der Waals surface area contributed by atoms with Crippen LogP contribution in [0.4, 0.5) is 0 Å². The third-order valence-electron chi connectivity index (χ3n) is 2.66. The molecule has 0 fully saturated rings. The van der Waals surface area contributed by atoms with E-state index in [4.69, 9.17) is 5.11 Å². The van der Waals surface area contributed by atoms with Crippen molar-refractivity contribution in [1.82, 2.24) is 5.32 Å². The van der Waals surface area contributed by atoms with E-state index in [-0.39, 0.29) is 12.7 Å². The lowest BCUT2D eigenvalue weighted by Gasteiger charge is -2.13. The molecule has 1 aromatic rings. The number of rotatable bonds is 7. The zero-order valence-electron chi connectivity index (χ0n) is 10.7. The highest BCUT2D eigenvalue weighted by Gasteiger charge is 2.05. The van der Waals surface area contributed by atoms with Crippen molar-refractivity contribution in [3.05, 3.63) is 35.4 Å². The van der Waals surface area contributed by atoms with Crippen LogP contribution in [0.1, 0.15) is 31.4 Å². The summed E-state index contributed by atoms with van der Waals surface area (Å²) in [7, 11) is 0. The van der Waals surface area contributed by atoms with Gasteiger partial charge < -0.3 is 15.5 Å². The fourth-order valence-electron chi connectivity index (χ4n) is 1.77. The maximum atomic E-state index is 9.68. The van der Waals surface area contributed by atoms with Crippen molar-refractivity contribution in [3.8, 4) is 0 Å². The molecular formula is C14H23NO2. The summed E-state index contributed by atoms with van der Waals surface area (Å²) < 4.78 is 0. The van der Waals surface area contributed by atoms with Gasteiger partial charge in [-0.15, -0.1) is 0 Å². The first-order valence-corrected chi connectivity index (χ1v) is 6.19. The molecule has 1 atom stereocenters. The SMILES string of the molecule is CC(C)CC(O)CNCc1ccc(CO)cc1. The summed E-state index contributed by atoms with van der Waals surface area (Å²) in [6.45, 7) is 5.68. The van der Waals surface area contributed by atoms with Crippen molar-refractivity contribution in [2.24, 2.45) is 5.92 Å². The Labute approximate surface area is 103 Å². The fourth-order valence-corrected chi connectivity index (χ4v) is 1.77. The monoisotopic (exact) mass is 237 g/mol. The Balaban J connectivity index is 2.25. The Morgan fingerprint density at radius 1 is 1.12 bits per heavy atom. The average Bonchev–Trinajstić information content (AvgIpc) is 2.29. The number of aliphatic hydroxyl groups is 2. The number of nitrogens with one attached hydrogen (secondary N) is 1. The van der Waals surface area contributed by atoms with E-state index in [0.29, 0.717) is 12.5 Å². The lowest BCUT2D eigenvalue weighted by atomic mass is 10.1. The van der Waals surface area contributed by atoms with Gasteiger partial charge in [-0.1, -0.05) is 38.1 Å². The van der Waals surface area contributed by atoms with E-state index in [1.165, 1.54) is 5.56 Å². The molecule has 0 bridgehead atoms. The standard InChI is InChI=1S/C14H23NO2/c1-11(2)7-14(17)9-15-8-12-3-5-13(10-16)6-4-12/h3-6,11,14-17H,7-10H2,1-2H3. The van der Waals surface area contributed by atoms with Crippen molar-refractivity contribution in [2.75, 3.05) is 6.54 Å². The zero-order valence-corrected chi connectivity index (χ0v) is 10.7. The Hall–Kier alpha value is -0.900. The van der Waals surface area contributed by atoms with Crippen molar-refractivity contribution >= 4 is 0 Å². The molecule has 0 amide bonds. The normalized spacial score (nSPS) is 13.0. The molecule has 0 spiro atoms. The van der Waals surface area contributed by atoms with E-state index in [2.05, 4.69) is 19.2 Å². The van der Waals surface area contributed by atoms with Crippen LogP contribution in [0.5, 0.6) is 0 Å². The maximum Gasteiger partial charge on any atom is 0.0681 e. The molecule has 1 aromatic carbocycles. The minimum Gasteiger partial charge on any atom is -0.392 e. The average molecular weight is 237 g/mol. The lowest BCUT2D eigenvalue weighted by Crippen LogP contribution is -2.27. The quantitative estimate of drug-likeness (QED) is 0.676. The van der Waals surface area contributed by atoms with Crippen LogP contribution in [0.2, 0.25) is 0 Å². The molecule has 0 aliphatic carbocycles. The molecule has 0 saturated heterocycles.